The molecule has 2 aliphatic heterocycles. The van der Waals surface area contributed by atoms with Gasteiger partial charge in [0.25, 0.3) is 0 Å². The zero-order valence-corrected chi connectivity index (χ0v) is 12.2. The maximum Gasteiger partial charge on any atom is 0.303 e. The lowest BCUT2D eigenvalue weighted by molar-refractivity contribution is -0.137. The van der Waals surface area contributed by atoms with Gasteiger partial charge in [-0.1, -0.05) is 28.0 Å². The highest BCUT2D eigenvalue weighted by Gasteiger charge is 2.15. The van der Waals surface area contributed by atoms with Crippen molar-refractivity contribution in [2.45, 2.75) is 50.2 Å². The van der Waals surface area contributed by atoms with Gasteiger partial charge < -0.3 is 10.4 Å². The molecule has 2 aliphatic rings. The molecular formula is C12H21NO3S2. The Morgan fingerprint density at radius 3 is 2.72 bits per heavy atom. The smallest absolute Gasteiger partial charge is 0.303 e. The Balaban J connectivity index is 0.000000225. The highest BCUT2D eigenvalue weighted by atomic mass is 33.1. The van der Waals surface area contributed by atoms with Crippen molar-refractivity contribution in [2.24, 2.45) is 0 Å². The molecule has 2 fully saturated rings. The van der Waals surface area contributed by atoms with Gasteiger partial charge in [0, 0.05) is 30.4 Å². The quantitative estimate of drug-likeness (QED) is 0.602. The first-order valence-electron chi connectivity index (χ1n) is 6.45. The van der Waals surface area contributed by atoms with Crippen molar-refractivity contribution in [3.05, 3.63) is 0 Å². The van der Waals surface area contributed by atoms with Crippen molar-refractivity contribution in [2.75, 3.05) is 12.3 Å². The minimum atomic E-state index is -0.663. The number of hydrogen-bond donors (Lipinski definition) is 2. The molecule has 0 radical (unpaired) electrons. The molecule has 2 N–H and O–H groups in total. The van der Waals surface area contributed by atoms with E-state index in [0.29, 0.717) is 6.42 Å². The van der Waals surface area contributed by atoms with Crippen LogP contribution in [0.5, 0.6) is 0 Å². The van der Waals surface area contributed by atoms with E-state index in [0.717, 1.165) is 37.5 Å². The first-order chi connectivity index (χ1) is 8.68. The molecule has 2 rings (SSSR count). The number of carbonyl (C=O) groups is 2. The van der Waals surface area contributed by atoms with Gasteiger partial charge in [-0.25, -0.2) is 0 Å². The largest absolute Gasteiger partial charge is 0.481 e. The molecule has 0 aromatic heterocycles. The third-order valence-electron chi connectivity index (χ3n) is 2.80. The lowest BCUT2D eigenvalue weighted by Crippen LogP contribution is -2.12. The Morgan fingerprint density at radius 2 is 2.28 bits per heavy atom. The molecule has 0 saturated carbocycles. The second-order valence-electron chi connectivity index (χ2n) is 4.42. The average molecular weight is 291 g/mol. The SMILES string of the molecule is O=C(O)CCCCC1CCSS1.O=C1CCCN1. The van der Waals surface area contributed by atoms with E-state index >= 15 is 0 Å². The van der Waals surface area contributed by atoms with Crippen LogP contribution in [0.1, 0.15) is 44.9 Å². The molecule has 0 aliphatic carbocycles. The van der Waals surface area contributed by atoms with Gasteiger partial charge in [0.15, 0.2) is 0 Å². The van der Waals surface area contributed by atoms with E-state index in [-0.39, 0.29) is 5.91 Å². The van der Waals surface area contributed by atoms with E-state index in [2.05, 4.69) is 5.32 Å². The van der Waals surface area contributed by atoms with Crippen LogP contribution < -0.4 is 5.32 Å². The fourth-order valence-corrected chi connectivity index (χ4v) is 4.81. The minimum Gasteiger partial charge on any atom is -0.481 e. The number of unbranched alkanes of at least 4 members (excludes halogenated alkanes) is 1. The first kappa shape index (κ1) is 15.7. The molecule has 0 aromatic rings. The Hall–Kier alpha value is -0.360. The van der Waals surface area contributed by atoms with Crippen molar-refractivity contribution in [3.8, 4) is 0 Å². The maximum atomic E-state index is 10.2. The molecule has 1 unspecified atom stereocenters. The number of carbonyl (C=O) groups excluding carboxylic acids is 1. The Kier molecular flexibility index (Phi) is 8.33. The van der Waals surface area contributed by atoms with Crippen LogP contribution in [0.4, 0.5) is 0 Å². The number of rotatable bonds is 5. The third kappa shape index (κ3) is 7.87. The van der Waals surface area contributed by atoms with Crippen molar-refractivity contribution in [1.29, 1.82) is 0 Å². The van der Waals surface area contributed by atoms with Crippen LogP contribution in [0.15, 0.2) is 0 Å². The van der Waals surface area contributed by atoms with Gasteiger partial charge in [0.1, 0.15) is 0 Å². The van der Waals surface area contributed by atoms with E-state index in [1.807, 2.05) is 21.6 Å². The molecule has 2 heterocycles. The van der Waals surface area contributed by atoms with Gasteiger partial charge in [0.05, 0.1) is 0 Å². The number of carboxylic acid groups (broad SMARTS) is 1. The third-order valence-corrected chi connectivity index (χ3v) is 5.80. The molecule has 0 bridgehead atoms. The van der Waals surface area contributed by atoms with Crippen LogP contribution in [0.2, 0.25) is 0 Å². The summed E-state index contributed by atoms with van der Waals surface area (Å²) in [4.78, 5) is 20.3. The molecule has 104 valence electrons. The van der Waals surface area contributed by atoms with E-state index in [9.17, 15) is 9.59 Å². The summed E-state index contributed by atoms with van der Waals surface area (Å²) in [7, 11) is 3.92. The molecule has 2 saturated heterocycles. The van der Waals surface area contributed by atoms with Crippen LogP contribution in [0.3, 0.4) is 0 Å². The molecule has 0 aromatic carbocycles. The molecule has 1 atom stereocenters. The lowest BCUT2D eigenvalue weighted by atomic mass is 10.1. The van der Waals surface area contributed by atoms with Crippen molar-refractivity contribution in [1.82, 2.24) is 5.32 Å². The van der Waals surface area contributed by atoms with Crippen LogP contribution >= 0.6 is 21.6 Å². The predicted molar refractivity (Wildman–Crippen MR) is 76.8 cm³/mol. The standard InChI is InChI=1S/C8H14O2S2.C4H7NO/c9-8(10)4-2-1-3-7-5-6-11-12-7;6-4-2-1-3-5-4/h7H,1-6H2,(H,9,10);1-3H2,(H,5,6). The summed E-state index contributed by atoms with van der Waals surface area (Å²) < 4.78 is 0. The van der Waals surface area contributed by atoms with Gasteiger partial charge in [-0.3, -0.25) is 9.59 Å². The van der Waals surface area contributed by atoms with Gasteiger partial charge in [-0.2, -0.15) is 0 Å². The minimum absolute atomic E-state index is 0.204. The predicted octanol–water partition coefficient (Wildman–Crippen LogP) is 2.68. The van der Waals surface area contributed by atoms with Crippen molar-refractivity contribution < 1.29 is 14.7 Å². The lowest BCUT2D eigenvalue weighted by Gasteiger charge is -2.04. The van der Waals surface area contributed by atoms with Gasteiger partial charge in [-0.05, 0) is 25.7 Å². The number of amides is 1. The average Bonchev–Trinajstić information content (AvgIpc) is 2.98. The number of hydrogen-bond acceptors (Lipinski definition) is 4. The van der Waals surface area contributed by atoms with Gasteiger partial charge >= 0.3 is 5.97 Å². The summed E-state index contributed by atoms with van der Waals surface area (Å²) in [6.07, 6.45) is 6.53. The second kappa shape index (κ2) is 9.55. The summed E-state index contributed by atoms with van der Waals surface area (Å²) >= 11 is 0. The highest BCUT2D eigenvalue weighted by molar-refractivity contribution is 8.77. The van der Waals surface area contributed by atoms with Crippen LogP contribution in [-0.4, -0.2) is 34.5 Å². The summed E-state index contributed by atoms with van der Waals surface area (Å²) in [5, 5.41) is 11.9. The second-order valence-corrected chi connectivity index (χ2v) is 7.21. The summed E-state index contributed by atoms with van der Waals surface area (Å²) in [5.74, 6) is 0.812. The summed E-state index contributed by atoms with van der Waals surface area (Å²) in [6.45, 7) is 0.888. The molecule has 4 nitrogen and oxygen atoms in total. The van der Waals surface area contributed by atoms with Gasteiger partial charge in [-0.15, -0.1) is 0 Å². The van der Waals surface area contributed by atoms with E-state index in [1.54, 1.807) is 0 Å². The van der Waals surface area contributed by atoms with Crippen LogP contribution in [0, 0.1) is 0 Å². The van der Waals surface area contributed by atoms with Crippen molar-refractivity contribution in [3.63, 3.8) is 0 Å². The Bertz CT molecular complexity index is 260. The fraction of sp³-hybridized carbons (Fsp3) is 0.833. The number of aliphatic carboxylic acids is 1. The topological polar surface area (TPSA) is 66.4 Å². The van der Waals surface area contributed by atoms with E-state index in [4.69, 9.17) is 5.11 Å². The summed E-state index contributed by atoms with van der Waals surface area (Å²) in [5.41, 5.74) is 0. The molecule has 1 amide bonds. The monoisotopic (exact) mass is 291 g/mol. The first-order valence-corrected chi connectivity index (χ1v) is 8.83. The normalized spacial score (nSPS) is 22.2. The maximum absolute atomic E-state index is 10.2. The van der Waals surface area contributed by atoms with E-state index in [1.165, 1.54) is 18.6 Å². The Morgan fingerprint density at radius 1 is 1.44 bits per heavy atom. The number of nitrogens with one attached hydrogen (secondary N) is 1. The zero-order chi connectivity index (χ0) is 13.2. The molecule has 6 heteroatoms. The zero-order valence-electron chi connectivity index (χ0n) is 10.5. The highest BCUT2D eigenvalue weighted by Crippen LogP contribution is 2.39. The van der Waals surface area contributed by atoms with Crippen molar-refractivity contribution >= 4 is 33.5 Å². The van der Waals surface area contributed by atoms with Crippen LogP contribution in [0.25, 0.3) is 0 Å². The molecule has 0 spiro atoms. The van der Waals surface area contributed by atoms with E-state index < -0.39 is 5.97 Å². The van der Waals surface area contributed by atoms with Crippen LogP contribution in [-0.2, 0) is 9.59 Å². The Labute approximate surface area is 116 Å². The van der Waals surface area contributed by atoms with Gasteiger partial charge in [0.2, 0.25) is 5.91 Å². The summed E-state index contributed by atoms with van der Waals surface area (Å²) in [6, 6.07) is 0. The fourth-order valence-electron chi connectivity index (χ4n) is 1.78. The number of carboxylic acids is 1. The molecular weight excluding hydrogens is 270 g/mol. The molecule has 18 heavy (non-hydrogen) atoms.